The van der Waals surface area contributed by atoms with Crippen LogP contribution >= 0.6 is 0 Å². The fourth-order valence-electron chi connectivity index (χ4n) is 2.89. The predicted octanol–water partition coefficient (Wildman–Crippen LogP) is 6.21. The van der Waals surface area contributed by atoms with Gasteiger partial charge >= 0.3 is 0 Å². The molecule has 1 aromatic rings. The SMILES string of the molecule is CCCCCCCCCCCCCCCC(=O)N/N=C\c1ccco1. The molecular formula is C21H36N2O2. The van der Waals surface area contributed by atoms with E-state index in [2.05, 4.69) is 17.5 Å². The van der Waals surface area contributed by atoms with Crippen molar-refractivity contribution in [1.82, 2.24) is 5.43 Å². The van der Waals surface area contributed by atoms with Crippen LogP contribution in [0.1, 0.15) is 103 Å². The summed E-state index contributed by atoms with van der Waals surface area (Å²) in [6.07, 6.45) is 20.7. The van der Waals surface area contributed by atoms with Crippen LogP contribution in [-0.2, 0) is 4.79 Å². The van der Waals surface area contributed by atoms with Gasteiger partial charge < -0.3 is 4.42 Å². The van der Waals surface area contributed by atoms with Crippen LogP contribution in [0.25, 0.3) is 0 Å². The topological polar surface area (TPSA) is 54.6 Å². The van der Waals surface area contributed by atoms with Crippen LogP contribution in [0.4, 0.5) is 0 Å². The number of hydrogen-bond donors (Lipinski definition) is 1. The Kier molecular flexibility index (Phi) is 13.7. The Morgan fingerprint density at radius 2 is 1.52 bits per heavy atom. The number of unbranched alkanes of at least 4 members (excludes halogenated alkanes) is 12. The molecule has 4 heteroatoms. The van der Waals surface area contributed by atoms with Crippen molar-refractivity contribution in [3.63, 3.8) is 0 Å². The van der Waals surface area contributed by atoms with Crippen molar-refractivity contribution in [3.8, 4) is 0 Å². The molecule has 1 amide bonds. The van der Waals surface area contributed by atoms with Crippen LogP contribution in [0, 0.1) is 0 Å². The summed E-state index contributed by atoms with van der Waals surface area (Å²) >= 11 is 0. The van der Waals surface area contributed by atoms with E-state index in [1.807, 2.05) is 0 Å². The largest absolute Gasteiger partial charge is 0.463 e. The lowest BCUT2D eigenvalue weighted by molar-refractivity contribution is -0.121. The molecule has 0 aromatic carbocycles. The van der Waals surface area contributed by atoms with E-state index >= 15 is 0 Å². The number of carbonyl (C=O) groups excluding carboxylic acids is 1. The summed E-state index contributed by atoms with van der Waals surface area (Å²) in [5, 5.41) is 3.88. The molecule has 0 saturated carbocycles. The summed E-state index contributed by atoms with van der Waals surface area (Å²) in [7, 11) is 0. The minimum atomic E-state index is -0.0223. The number of nitrogens with zero attached hydrogens (tertiary/aromatic N) is 1. The maximum Gasteiger partial charge on any atom is 0.240 e. The molecule has 1 aromatic heterocycles. The quantitative estimate of drug-likeness (QED) is 0.219. The van der Waals surface area contributed by atoms with Crippen LogP contribution in [0.2, 0.25) is 0 Å². The first kappa shape index (κ1) is 21.5. The summed E-state index contributed by atoms with van der Waals surface area (Å²) in [6, 6.07) is 3.58. The van der Waals surface area contributed by atoms with Crippen molar-refractivity contribution in [2.45, 2.75) is 96.8 Å². The molecule has 0 aliphatic rings. The minimum Gasteiger partial charge on any atom is -0.463 e. The van der Waals surface area contributed by atoms with Crippen LogP contribution in [0.5, 0.6) is 0 Å². The van der Waals surface area contributed by atoms with E-state index in [0.717, 1.165) is 12.8 Å². The van der Waals surface area contributed by atoms with Crippen LogP contribution < -0.4 is 5.43 Å². The summed E-state index contributed by atoms with van der Waals surface area (Å²) < 4.78 is 5.10. The molecule has 1 heterocycles. The van der Waals surface area contributed by atoms with E-state index in [0.29, 0.717) is 12.2 Å². The van der Waals surface area contributed by atoms with Gasteiger partial charge in [0.15, 0.2) is 0 Å². The number of rotatable bonds is 16. The lowest BCUT2D eigenvalue weighted by Gasteiger charge is -2.03. The molecule has 25 heavy (non-hydrogen) atoms. The zero-order chi connectivity index (χ0) is 18.0. The van der Waals surface area contributed by atoms with Gasteiger partial charge in [0.25, 0.3) is 0 Å². The van der Waals surface area contributed by atoms with Crippen molar-refractivity contribution in [1.29, 1.82) is 0 Å². The fraction of sp³-hybridized carbons (Fsp3) is 0.714. The third-order valence-corrected chi connectivity index (χ3v) is 4.43. The summed E-state index contributed by atoms with van der Waals surface area (Å²) in [5.74, 6) is 0.618. The standard InChI is InChI=1S/C21H36N2O2/c1-2-3-4-5-6-7-8-9-10-11-12-13-14-17-21(24)23-22-19-20-16-15-18-25-20/h15-16,18-19H,2-14,17H2,1H3,(H,23,24)/b22-19-. The van der Waals surface area contributed by atoms with Crippen molar-refractivity contribution in [2.75, 3.05) is 0 Å². The molecule has 0 aliphatic heterocycles. The van der Waals surface area contributed by atoms with E-state index in [1.165, 1.54) is 76.8 Å². The number of carbonyl (C=O) groups is 1. The Labute approximate surface area is 153 Å². The molecular weight excluding hydrogens is 312 g/mol. The molecule has 0 aliphatic carbocycles. The van der Waals surface area contributed by atoms with Gasteiger partial charge in [0.05, 0.1) is 12.5 Å². The highest BCUT2D eigenvalue weighted by molar-refractivity contribution is 5.80. The second kappa shape index (κ2) is 15.9. The van der Waals surface area contributed by atoms with Gasteiger partial charge in [-0.2, -0.15) is 5.10 Å². The smallest absolute Gasteiger partial charge is 0.240 e. The van der Waals surface area contributed by atoms with Crippen LogP contribution in [-0.4, -0.2) is 12.1 Å². The van der Waals surface area contributed by atoms with Crippen LogP contribution in [0.3, 0.4) is 0 Å². The first-order chi connectivity index (χ1) is 12.3. The average Bonchev–Trinajstić information content (AvgIpc) is 3.12. The Bertz CT molecular complexity index is 441. The normalized spacial score (nSPS) is 11.2. The molecule has 142 valence electrons. The average molecular weight is 349 g/mol. The molecule has 0 bridgehead atoms. The highest BCUT2D eigenvalue weighted by Gasteiger charge is 1.99. The summed E-state index contributed by atoms with van der Waals surface area (Å²) in [5.41, 5.74) is 2.53. The molecule has 0 atom stereocenters. The zero-order valence-corrected chi connectivity index (χ0v) is 16.0. The number of hydrazone groups is 1. The van der Waals surface area contributed by atoms with Gasteiger partial charge in [-0.15, -0.1) is 0 Å². The van der Waals surface area contributed by atoms with E-state index in [4.69, 9.17) is 4.42 Å². The van der Waals surface area contributed by atoms with E-state index in [1.54, 1.807) is 18.4 Å². The maximum atomic E-state index is 11.6. The molecule has 0 unspecified atom stereocenters. The highest BCUT2D eigenvalue weighted by Crippen LogP contribution is 2.12. The zero-order valence-electron chi connectivity index (χ0n) is 16.0. The summed E-state index contributed by atoms with van der Waals surface area (Å²) in [4.78, 5) is 11.6. The molecule has 0 saturated heterocycles. The lowest BCUT2D eigenvalue weighted by atomic mass is 10.0. The van der Waals surface area contributed by atoms with Crippen LogP contribution in [0.15, 0.2) is 27.9 Å². The number of hydrogen-bond acceptors (Lipinski definition) is 3. The molecule has 1 N–H and O–H groups in total. The van der Waals surface area contributed by atoms with Crippen molar-refractivity contribution < 1.29 is 9.21 Å². The van der Waals surface area contributed by atoms with Crippen molar-refractivity contribution in [2.24, 2.45) is 5.10 Å². The van der Waals surface area contributed by atoms with E-state index in [9.17, 15) is 4.79 Å². The monoisotopic (exact) mass is 348 g/mol. The number of amides is 1. The second-order valence-corrected chi connectivity index (χ2v) is 6.80. The van der Waals surface area contributed by atoms with Crippen molar-refractivity contribution in [3.05, 3.63) is 24.2 Å². The predicted molar refractivity (Wildman–Crippen MR) is 105 cm³/mol. The molecule has 0 fully saturated rings. The van der Waals surface area contributed by atoms with Gasteiger partial charge in [-0.05, 0) is 18.6 Å². The molecule has 4 nitrogen and oxygen atoms in total. The van der Waals surface area contributed by atoms with Gasteiger partial charge in [-0.1, -0.05) is 84.0 Å². The number of furan rings is 1. The second-order valence-electron chi connectivity index (χ2n) is 6.80. The molecule has 0 spiro atoms. The first-order valence-electron chi connectivity index (χ1n) is 10.2. The van der Waals surface area contributed by atoms with Crippen molar-refractivity contribution >= 4 is 12.1 Å². The van der Waals surface area contributed by atoms with Gasteiger partial charge in [0.2, 0.25) is 5.91 Å². The maximum absolute atomic E-state index is 11.6. The molecule has 0 radical (unpaired) electrons. The van der Waals surface area contributed by atoms with Gasteiger partial charge in [-0.25, -0.2) is 5.43 Å². The van der Waals surface area contributed by atoms with E-state index < -0.39 is 0 Å². The first-order valence-corrected chi connectivity index (χ1v) is 10.2. The Hall–Kier alpha value is -1.58. The summed E-state index contributed by atoms with van der Waals surface area (Å²) in [6.45, 7) is 2.27. The van der Waals surface area contributed by atoms with E-state index in [-0.39, 0.29) is 5.91 Å². The molecule has 1 rings (SSSR count). The number of nitrogens with one attached hydrogen (secondary N) is 1. The minimum absolute atomic E-state index is 0.0223. The highest BCUT2D eigenvalue weighted by atomic mass is 16.3. The Balaban J connectivity index is 1.80. The van der Waals surface area contributed by atoms with Gasteiger partial charge in [0, 0.05) is 6.42 Å². The van der Waals surface area contributed by atoms with Gasteiger partial charge in [0.1, 0.15) is 5.76 Å². The Morgan fingerprint density at radius 1 is 0.960 bits per heavy atom. The fourth-order valence-corrected chi connectivity index (χ4v) is 2.89. The Morgan fingerprint density at radius 3 is 2.04 bits per heavy atom. The lowest BCUT2D eigenvalue weighted by Crippen LogP contribution is -2.16. The van der Waals surface area contributed by atoms with Gasteiger partial charge in [-0.3, -0.25) is 4.79 Å². The third-order valence-electron chi connectivity index (χ3n) is 4.43. The third kappa shape index (κ3) is 13.4.